The molecule has 1 aliphatic heterocycles. The molecule has 1 unspecified atom stereocenters. The SMILES string of the molecule is O=S(=O)(Cc1noc2ccccc12)N1CCNCC1c1cccnc1. The number of fused-ring (bicyclic) bond motifs is 1. The summed E-state index contributed by atoms with van der Waals surface area (Å²) in [5.74, 6) is -0.180. The maximum atomic E-state index is 13.1. The Morgan fingerprint density at radius 3 is 2.96 bits per heavy atom. The minimum atomic E-state index is -3.55. The molecule has 2 aromatic heterocycles. The molecule has 1 atom stereocenters. The van der Waals surface area contributed by atoms with E-state index >= 15 is 0 Å². The Hall–Kier alpha value is -2.29. The van der Waals surface area contributed by atoms with E-state index in [0.29, 0.717) is 30.9 Å². The van der Waals surface area contributed by atoms with Gasteiger partial charge in [-0.3, -0.25) is 4.98 Å². The molecule has 1 fully saturated rings. The van der Waals surface area contributed by atoms with Crippen molar-refractivity contribution in [2.75, 3.05) is 19.6 Å². The van der Waals surface area contributed by atoms with Crippen molar-refractivity contribution >= 4 is 21.0 Å². The minimum absolute atomic E-state index is 0.180. The van der Waals surface area contributed by atoms with Gasteiger partial charge in [0, 0.05) is 37.4 Å². The van der Waals surface area contributed by atoms with Gasteiger partial charge >= 0.3 is 0 Å². The second kappa shape index (κ2) is 6.55. The highest BCUT2D eigenvalue weighted by Crippen LogP contribution is 2.28. The first-order valence-electron chi connectivity index (χ1n) is 8.08. The lowest BCUT2D eigenvalue weighted by atomic mass is 10.1. The molecular formula is C17H18N4O3S. The van der Waals surface area contributed by atoms with Crippen LogP contribution >= 0.6 is 0 Å². The van der Waals surface area contributed by atoms with Gasteiger partial charge in [0.2, 0.25) is 10.0 Å². The molecule has 0 saturated carbocycles. The lowest BCUT2D eigenvalue weighted by molar-refractivity contribution is 0.270. The van der Waals surface area contributed by atoms with E-state index in [1.54, 1.807) is 22.8 Å². The number of rotatable bonds is 4. The average molecular weight is 358 g/mol. The molecule has 1 N–H and O–H groups in total. The van der Waals surface area contributed by atoms with Crippen molar-refractivity contribution < 1.29 is 12.9 Å². The van der Waals surface area contributed by atoms with Crippen LogP contribution in [-0.2, 0) is 15.8 Å². The number of para-hydroxylation sites is 1. The van der Waals surface area contributed by atoms with Crippen molar-refractivity contribution in [2.24, 2.45) is 0 Å². The number of nitrogens with one attached hydrogen (secondary N) is 1. The van der Waals surface area contributed by atoms with Crippen molar-refractivity contribution in [1.29, 1.82) is 0 Å². The summed E-state index contributed by atoms with van der Waals surface area (Å²) in [5, 5.41) is 7.96. The second-order valence-electron chi connectivity index (χ2n) is 6.00. The Kier molecular flexibility index (Phi) is 4.24. The van der Waals surface area contributed by atoms with Crippen LogP contribution in [0.15, 0.2) is 53.3 Å². The van der Waals surface area contributed by atoms with Gasteiger partial charge in [0.1, 0.15) is 11.4 Å². The van der Waals surface area contributed by atoms with Crippen molar-refractivity contribution in [3.05, 3.63) is 60.0 Å². The molecule has 0 aliphatic carbocycles. The highest BCUT2D eigenvalue weighted by Gasteiger charge is 2.34. The van der Waals surface area contributed by atoms with Crippen LogP contribution < -0.4 is 5.32 Å². The second-order valence-corrected chi connectivity index (χ2v) is 7.92. The summed E-state index contributed by atoms with van der Waals surface area (Å²) >= 11 is 0. The smallest absolute Gasteiger partial charge is 0.220 e. The summed E-state index contributed by atoms with van der Waals surface area (Å²) < 4.78 is 32.9. The average Bonchev–Trinajstić information content (AvgIpc) is 3.05. The zero-order chi connectivity index (χ0) is 17.3. The quantitative estimate of drug-likeness (QED) is 0.764. The molecule has 25 heavy (non-hydrogen) atoms. The Balaban J connectivity index is 1.66. The first kappa shape index (κ1) is 16.2. The fourth-order valence-corrected chi connectivity index (χ4v) is 4.85. The van der Waals surface area contributed by atoms with Gasteiger partial charge in [0.15, 0.2) is 5.58 Å². The molecular weight excluding hydrogens is 340 g/mol. The van der Waals surface area contributed by atoms with E-state index in [0.717, 1.165) is 10.9 Å². The van der Waals surface area contributed by atoms with Crippen LogP contribution in [-0.4, -0.2) is 42.5 Å². The molecule has 3 aromatic rings. The highest BCUT2D eigenvalue weighted by atomic mass is 32.2. The van der Waals surface area contributed by atoms with Gasteiger partial charge in [-0.25, -0.2) is 8.42 Å². The number of aromatic nitrogens is 2. The van der Waals surface area contributed by atoms with Crippen molar-refractivity contribution in [2.45, 2.75) is 11.8 Å². The van der Waals surface area contributed by atoms with Gasteiger partial charge in [0.05, 0.1) is 6.04 Å². The molecule has 4 rings (SSSR count). The predicted octanol–water partition coefficient (Wildman–Crippen LogP) is 1.70. The third-order valence-corrected chi connectivity index (χ3v) is 6.18. The molecule has 0 spiro atoms. The lowest BCUT2D eigenvalue weighted by Crippen LogP contribution is -2.49. The molecule has 130 valence electrons. The topological polar surface area (TPSA) is 88.3 Å². The maximum Gasteiger partial charge on any atom is 0.220 e. The Morgan fingerprint density at radius 2 is 2.12 bits per heavy atom. The van der Waals surface area contributed by atoms with Crippen LogP contribution in [0.4, 0.5) is 0 Å². The molecule has 7 nitrogen and oxygen atoms in total. The fourth-order valence-electron chi connectivity index (χ4n) is 3.17. The van der Waals surface area contributed by atoms with Crippen LogP contribution in [0.25, 0.3) is 11.0 Å². The highest BCUT2D eigenvalue weighted by molar-refractivity contribution is 7.88. The molecule has 3 heterocycles. The third kappa shape index (κ3) is 3.15. The summed E-state index contributed by atoms with van der Waals surface area (Å²) in [4.78, 5) is 4.12. The molecule has 0 amide bonds. The van der Waals surface area contributed by atoms with E-state index in [9.17, 15) is 8.42 Å². The van der Waals surface area contributed by atoms with E-state index in [-0.39, 0.29) is 11.8 Å². The number of hydrogen-bond donors (Lipinski definition) is 1. The van der Waals surface area contributed by atoms with E-state index in [4.69, 9.17) is 4.52 Å². The normalized spacial score (nSPS) is 19.3. The van der Waals surface area contributed by atoms with Crippen molar-refractivity contribution in [1.82, 2.24) is 19.8 Å². The van der Waals surface area contributed by atoms with Gasteiger partial charge in [-0.2, -0.15) is 4.31 Å². The van der Waals surface area contributed by atoms with Gasteiger partial charge < -0.3 is 9.84 Å². The van der Waals surface area contributed by atoms with E-state index in [2.05, 4.69) is 15.5 Å². The summed E-state index contributed by atoms with van der Waals surface area (Å²) in [7, 11) is -3.55. The number of pyridine rings is 1. The number of sulfonamides is 1. The monoisotopic (exact) mass is 358 g/mol. The van der Waals surface area contributed by atoms with E-state index in [1.165, 1.54) is 0 Å². The van der Waals surface area contributed by atoms with Gasteiger partial charge in [0.25, 0.3) is 0 Å². The zero-order valence-corrected chi connectivity index (χ0v) is 14.3. The first-order chi connectivity index (χ1) is 12.1. The standard InChI is InChI=1S/C17H18N4O3S/c22-25(23,12-15-14-5-1-2-6-17(14)24-20-15)21-9-8-19-11-16(21)13-4-3-7-18-10-13/h1-7,10,16,19H,8-9,11-12H2. The Morgan fingerprint density at radius 1 is 1.24 bits per heavy atom. The molecule has 0 bridgehead atoms. The first-order valence-corrected chi connectivity index (χ1v) is 9.69. The van der Waals surface area contributed by atoms with Crippen molar-refractivity contribution in [3.63, 3.8) is 0 Å². The van der Waals surface area contributed by atoms with Crippen LogP contribution in [0.5, 0.6) is 0 Å². The minimum Gasteiger partial charge on any atom is -0.356 e. The lowest BCUT2D eigenvalue weighted by Gasteiger charge is -2.35. The summed E-state index contributed by atoms with van der Waals surface area (Å²) in [6, 6.07) is 10.7. The Bertz CT molecular complexity index is 972. The molecule has 1 aliphatic rings. The Labute approximate surface area is 145 Å². The van der Waals surface area contributed by atoms with Gasteiger partial charge in [-0.05, 0) is 23.8 Å². The maximum absolute atomic E-state index is 13.1. The van der Waals surface area contributed by atoms with E-state index in [1.807, 2.05) is 30.3 Å². The number of nitrogens with zero attached hydrogens (tertiary/aromatic N) is 3. The number of benzene rings is 1. The van der Waals surface area contributed by atoms with E-state index < -0.39 is 10.0 Å². The fraction of sp³-hybridized carbons (Fsp3) is 0.294. The number of piperazine rings is 1. The largest absolute Gasteiger partial charge is 0.356 e. The van der Waals surface area contributed by atoms with Crippen LogP contribution in [0.2, 0.25) is 0 Å². The molecule has 1 aromatic carbocycles. The van der Waals surface area contributed by atoms with Crippen LogP contribution in [0, 0.1) is 0 Å². The summed E-state index contributed by atoms with van der Waals surface area (Å²) in [6.07, 6.45) is 3.39. The zero-order valence-electron chi connectivity index (χ0n) is 13.5. The third-order valence-electron chi connectivity index (χ3n) is 4.39. The molecule has 1 saturated heterocycles. The molecule has 0 radical (unpaired) electrons. The van der Waals surface area contributed by atoms with Crippen LogP contribution in [0.3, 0.4) is 0 Å². The predicted molar refractivity (Wildman–Crippen MR) is 93.2 cm³/mol. The van der Waals surface area contributed by atoms with Gasteiger partial charge in [-0.1, -0.05) is 23.4 Å². The molecule has 8 heteroatoms. The van der Waals surface area contributed by atoms with Crippen molar-refractivity contribution in [3.8, 4) is 0 Å². The van der Waals surface area contributed by atoms with Gasteiger partial charge in [-0.15, -0.1) is 0 Å². The van der Waals surface area contributed by atoms with Crippen LogP contribution in [0.1, 0.15) is 17.3 Å². The summed E-state index contributed by atoms with van der Waals surface area (Å²) in [5.41, 5.74) is 1.92. The summed E-state index contributed by atoms with van der Waals surface area (Å²) in [6.45, 7) is 1.59. The number of hydrogen-bond acceptors (Lipinski definition) is 6.